The molecule has 0 fully saturated rings. The van der Waals surface area contributed by atoms with Crippen LogP contribution in [0.15, 0.2) is 111 Å². The summed E-state index contributed by atoms with van der Waals surface area (Å²) in [7, 11) is -11.0. The van der Waals surface area contributed by atoms with E-state index in [-0.39, 0.29) is 9.79 Å². The molecule has 0 N–H and O–H groups in total. The van der Waals surface area contributed by atoms with E-state index < -0.39 is 125 Å². The highest BCUT2D eigenvalue weighted by molar-refractivity contribution is 8.33. The lowest BCUT2D eigenvalue weighted by Crippen LogP contribution is -2.28. The first-order valence-electron chi connectivity index (χ1n) is 17.1. The first-order chi connectivity index (χ1) is 27.0. The van der Waals surface area contributed by atoms with Gasteiger partial charge in [-0.25, -0.2) is 13.2 Å². The molecule has 0 aliphatic heterocycles. The second-order valence-corrected chi connectivity index (χ2v) is 18.8. The van der Waals surface area contributed by atoms with E-state index in [9.17, 15) is 57.5 Å². The molecule has 322 valence electrons. The van der Waals surface area contributed by atoms with Crippen LogP contribution in [-0.2, 0) is 51.3 Å². The zero-order valence-corrected chi connectivity index (χ0v) is 33.6. The molecule has 0 spiro atoms. The minimum atomic E-state index is -6.56. The highest BCUT2D eigenvalue weighted by atomic mass is 32.3. The van der Waals surface area contributed by atoms with Crippen molar-refractivity contribution in [2.24, 2.45) is 0 Å². The monoisotopic (exact) mass is 884 g/mol. The second-order valence-electron chi connectivity index (χ2n) is 14.4. The van der Waals surface area contributed by atoms with Crippen molar-refractivity contribution in [3.63, 3.8) is 0 Å². The average Bonchev–Trinajstić information content (AvgIpc) is 3.10. The molecule has 0 amide bonds. The molecule has 4 aromatic carbocycles. The number of hydrogen-bond donors (Lipinski definition) is 0. The maximum absolute atomic E-state index is 14.7. The lowest BCUT2D eigenvalue weighted by Gasteiger charge is -2.41. The molecule has 4 rings (SSSR count). The smallest absolute Gasteiger partial charge is 0.417 e. The van der Waals surface area contributed by atoms with E-state index in [2.05, 4.69) is 0 Å². The van der Waals surface area contributed by atoms with Crippen LogP contribution in [0.5, 0.6) is 11.5 Å². The predicted octanol–water partition coefficient (Wildman–Crippen LogP) is 10.8. The van der Waals surface area contributed by atoms with E-state index >= 15 is 0 Å². The third-order valence-electron chi connectivity index (χ3n) is 7.38. The molecule has 0 unspecified atom stereocenters. The zero-order chi connectivity index (χ0) is 44.4. The van der Waals surface area contributed by atoms with Gasteiger partial charge in [-0.2, -0.15) is 47.9 Å². The summed E-state index contributed by atoms with van der Waals surface area (Å²) >= 11 is 0. The first-order valence-corrected chi connectivity index (χ1v) is 20.0. The molecule has 0 saturated heterocycles. The normalized spacial score (nSPS) is 13.4. The molecule has 0 bridgehead atoms. The Labute approximate surface area is 335 Å². The molecule has 0 saturated carbocycles. The maximum Gasteiger partial charge on any atom is 0.417 e. The third-order valence-corrected chi connectivity index (χ3v) is 12.7. The number of alkyl halides is 9. The Morgan fingerprint density at radius 2 is 0.898 bits per heavy atom. The molecule has 0 radical (unpaired) electrons. The Bertz CT molecular complexity index is 2120. The fourth-order valence-corrected chi connectivity index (χ4v) is 11.2. The number of benzene rings is 4. The number of hydrogen-bond acceptors (Lipinski definition) is 9. The van der Waals surface area contributed by atoms with Gasteiger partial charge in [-0.3, -0.25) is 0 Å². The minimum absolute atomic E-state index is 0.251. The van der Waals surface area contributed by atoms with Gasteiger partial charge in [0.15, 0.2) is 13.2 Å². The summed E-state index contributed by atoms with van der Waals surface area (Å²) in [5, 5.41) is 0. The van der Waals surface area contributed by atoms with E-state index in [1.54, 1.807) is 0 Å². The standard InChI is InChI=1S/C39H37F9O9S2/c1-35(2,3)55-31(49)22-53-29-18-13-19-30(54-23-32(50)56-36(4,5)6)34(29)58(25-14-9-7-10-15-25,26-16-11-8-12-17-26)57-59(51,52)33-27(38(43,44)45)20-24(37(40,41)42)21-28(33)39(46,47)48/h7-21H,22-23H2,1-6H3. The Balaban J connectivity index is 2.19. The molecule has 59 heavy (non-hydrogen) atoms. The van der Waals surface area contributed by atoms with E-state index in [0.717, 1.165) is 12.1 Å². The van der Waals surface area contributed by atoms with E-state index in [1.807, 2.05) is 0 Å². The van der Waals surface area contributed by atoms with Gasteiger partial charge in [0.05, 0.1) is 16.7 Å². The highest BCUT2D eigenvalue weighted by Gasteiger charge is 2.51. The molecule has 0 aliphatic carbocycles. The lowest BCUT2D eigenvalue weighted by molar-refractivity contribution is -0.158. The Hall–Kier alpha value is -4.95. The maximum atomic E-state index is 14.7. The lowest BCUT2D eigenvalue weighted by atomic mass is 10.0. The number of rotatable bonds is 12. The number of ether oxygens (including phenoxy) is 4. The van der Waals surface area contributed by atoms with Crippen molar-refractivity contribution < 1.29 is 80.1 Å². The number of carbonyl (C=O) groups excluding carboxylic acids is 2. The van der Waals surface area contributed by atoms with Crippen molar-refractivity contribution in [3.8, 4) is 11.5 Å². The van der Waals surface area contributed by atoms with Gasteiger partial charge in [0.1, 0.15) is 32.5 Å². The van der Waals surface area contributed by atoms with Crippen LogP contribution in [0.25, 0.3) is 0 Å². The van der Waals surface area contributed by atoms with Crippen LogP contribution in [0.4, 0.5) is 39.5 Å². The Kier molecular flexibility index (Phi) is 13.4. The fraction of sp³-hybridized carbons (Fsp3) is 0.333. The van der Waals surface area contributed by atoms with Gasteiger partial charge >= 0.3 is 40.6 Å². The molecular formula is C39H37F9O9S2. The van der Waals surface area contributed by atoms with Gasteiger partial charge in [0.25, 0.3) is 0 Å². The SMILES string of the molecule is CC(C)(C)OC(=O)COc1cccc(OCC(=O)OC(C)(C)C)c1S(OS(=O)(=O)c1c(C(F)(F)F)cc(C(F)(F)F)cc1C(F)(F)F)(c1ccccc1)c1ccccc1. The number of halogens is 9. The van der Waals surface area contributed by atoms with E-state index in [1.165, 1.54) is 108 Å². The molecule has 9 nitrogen and oxygen atoms in total. The topological polar surface area (TPSA) is 114 Å². The van der Waals surface area contributed by atoms with Gasteiger partial charge in [-0.05, 0) is 100 Å². The van der Waals surface area contributed by atoms with Crippen LogP contribution < -0.4 is 9.47 Å². The van der Waals surface area contributed by atoms with Crippen LogP contribution in [0, 0.1) is 0 Å². The summed E-state index contributed by atoms with van der Waals surface area (Å²) in [5.41, 5.74) is -10.2. The molecule has 0 aliphatic rings. The summed E-state index contributed by atoms with van der Waals surface area (Å²) in [6.45, 7) is 7.37. The summed E-state index contributed by atoms with van der Waals surface area (Å²) in [6.07, 6.45) is -18.1. The van der Waals surface area contributed by atoms with Crippen molar-refractivity contribution >= 4 is 32.4 Å². The van der Waals surface area contributed by atoms with Crippen molar-refractivity contribution in [2.75, 3.05) is 13.2 Å². The van der Waals surface area contributed by atoms with Crippen LogP contribution >= 0.6 is 10.3 Å². The third kappa shape index (κ3) is 11.6. The van der Waals surface area contributed by atoms with Crippen LogP contribution in [0.2, 0.25) is 0 Å². The van der Waals surface area contributed by atoms with Gasteiger partial charge in [0, 0.05) is 9.79 Å². The highest BCUT2D eigenvalue weighted by Crippen LogP contribution is 2.74. The van der Waals surface area contributed by atoms with Crippen LogP contribution in [0.1, 0.15) is 58.2 Å². The quantitative estimate of drug-likeness (QED) is 0.101. The van der Waals surface area contributed by atoms with Gasteiger partial charge in [0.2, 0.25) is 0 Å². The molecule has 0 heterocycles. The largest absolute Gasteiger partial charge is 0.481 e. The summed E-state index contributed by atoms with van der Waals surface area (Å²) in [5.74, 6) is -2.94. The number of carbonyl (C=O) groups is 2. The zero-order valence-electron chi connectivity index (χ0n) is 32.0. The second kappa shape index (κ2) is 17.0. The van der Waals surface area contributed by atoms with Crippen molar-refractivity contribution in [2.45, 2.75) is 90.9 Å². The van der Waals surface area contributed by atoms with Gasteiger partial charge < -0.3 is 18.9 Å². The molecular weight excluding hydrogens is 848 g/mol. The summed E-state index contributed by atoms with van der Waals surface area (Å²) < 4.78 is 187. The van der Waals surface area contributed by atoms with Gasteiger partial charge in [-0.1, -0.05) is 42.5 Å². The summed E-state index contributed by atoms with van der Waals surface area (Å²) in [4.78, 5) is 22.1. The molecule has 0 aromatic heterocycles. The molecule has 0 atom stereocenters. The van der Waals surface area contributed by atoms with E-state index in [4.69, 9.17) is 22.6 Å². The van der Waals surface area contributed by atoms with Crippen LogP contribution in [-0.4, -0.2) is 44.8 Å². The predicted molar refractivity (Wildman–Crippen MR) is 194 cm³/mol. The fourth-order valence-electron chi connectivity index (χ4n) is 5.38. The van der Waals surface area contributed by atoms with Crippen molar-refractivity contribution in [1.29, 1.82) is 0 Å². The van der Waals surface area contributed by atoms with Crippen LogP contribution in [0.3, 0.4) is 0 Å². The van der Waals surface area contributed by atoms with Crippen molar-refractivity contribution in [1.82, 2.24) is 0 Å². The molecule has 20 heteroatoms. The minimum Gasteiger partial charge on any atom is -0.481 e. The van der Waals surface area contributed by atoms with Crippen molar-refractivity contribution in [3.05, 3.63) is 108 Å². The van der Waals surface area contributed by atoms with E-state index in [0.29, 0.717) is 0 Å². The Morgan fingerprint density at radius 3 is 1.22 bits per heavy atom. The van der Waals surface area contributed by atoms with Gasteiger partial charge in [-0.15, -0.1) is 0 Å². The molecule has 4 aromatic rings. The first kappa shape index (κ1) is 46.7. The Morgan fingerprint density at radius 1 is 0.525 bits per heavy atom. The average molecular weight is 885 g/mol. The summed E-state index contributed by atoms with van der Waals surface area (Å²) in [6, 6.07) is 15.0. The number of esters is 2.